The van der Waals surface area contributed by atoms with Gasteiger partial charge in [0.1, 0.15) is 0 Å². The summed E-state index contributed by atoms with van der Waals surface area (Å²) >= 11 is 5.65. The zero-order chi connectivity index (χ0) is 12.3. The third kappa shape index (κ3) is 3.37. The summed E-state index contributed by atoms with van der Waals surface area (Å²) in [4.78, 5) is 10.7. The molecule has 0 spiro atoms. The fourth-order valence-electron chi connectivity index (χ4n) is 0.978. The molecule has 0 unspecified atom stereocenters. The SMILES string of the molecule is CNS(=O)(=O)Nc1cc(Cl)cc(C(=O)O)c1. The average molecular weight is 265 g/mol. The average Bonchev–Trinajstić information content (AvgIpc) is 2.16. The number of rotatable bonds is 4. The molecule has 0 radical (unpaired) electrons. The van der Waals surface area contributed by atoms with E-state index >= 15 is 0 Å². The summed E-state index contributed by atoms with van der Waals surface area (Å²) < 4.78 is 26.4. The standard InChI is InChI=1S/C8H9ClN2O4S/c1-10-16(14,15)11-7-3-5(8(12)13)2-6(9)4-7/h2-4,10-11H,1H3,(H,12,13). The Morgan fingerprint density at radius 2 is 2.00 bits per heavy atom. The van der Waals surface area contributed by atoms with Gasteiger partial charge in [-0.15, -0.1) is 0 Å². The van der Waals surface area contributed by atoms with Gasteiger partial charge in [-0.1, -0.05) is 11.6 Å². The largest absolute Gasteiger partial charge is 0.478 e. The number of carboxylic acids is 1. The number of aromatic carboxylic acids is 1. The monoisotopic (exact) mass is 264 g/mol. The Morgan fingerprint density at radius 1 is 1.38 bits per heavy atom. The molecule has 6 nitrogen and oxygen atoms in total. The normalized spacial score (nSPS) is 11.1. The lowest BCUT2D eigenvalue weighted by molar-refractivity contribution is 0.0697. The maximum absolute atomic E-state index is 11.1. The summed E-state index contributed by atoms with van der Waals surface area (Å²) in [6.07, 6.45) is 0. The van der Waals surface area contributed by atoms with Gasteiger partial charge in [-0.2, -0.15) is 8.42 Å². The maximum Gasteiger partial charge on any atom is 0.335 e. The predicted molar refractivity (Wildman–Crippen MR) is 60.0 cm³/mol. The van der Waals surface area contributed by atoms with Crippen molar-refractivity contribution in [2.24, 2.45) is 0 Å². The molecule has 1 aromatic carbocycles. The van der Waals surface area contributed by atoms with Gasteiger partial charge in [-0.25, -0.2) is 9.52 Å². The van der Waals surface area contributed by atoms with Crippen molar-refractivity contribution in [2.75, 3.05) is 11.8 Å². The second kappa shape index (κ2) is 4.69. The summed E-state index contributed by atoms with van der Waals surface area (Å²) in [5, 5.41) is 8.87. The number of anilines is 1. The highest BCUT2D eigenvalue weighted by Gasteiger charge is 2.10. The van der Waals surface area contributed by atoms with Crippen LogP contribution in [0.15, 0.2) is 18.2 Å². The molecule has 3 N–H and O–H groups in total. The topological polar surface area (TPSA) is 95.5 Å². The molecule has 0 aliphatic carbocycles. The second-order valence-corrected chi connectivity index (χ2v) is 4.90. The van der Waals surface area contributed by atoms with Gasteiger partial charge in [-0.3, -0.25) is 4.72 Å². The van der Waals surface area contributed by atoms with E-state index in [1.807, 2.05) is 4.72 Å². The first-order valence-electron chi connectivity index (χ1n) is 4.09. The van der Waals surface area contributed by atoms with Crippen LogP contribution in [0.2, 0.25) is 5.02 Å². The van der Waals surface area contributed by atoms with Crippen LogP contribution in [0, 0.1) is 0 Å². The minimum Gasteiger partial charge on any atom is -0.478 e. The second-order valence-electron chi connectivity index (χ2n) is 2.84. The number of hydrogen-bond donors (Lipinski definition) is 3. The lowest BCUT2D eigenvalue weighted by atomic mass is 10.2. The van der Waals surface area contributed by atoms with Crippen molar-refractivity contribution in [3.63, 3.8) is 0 Å². The molecule has 0 saturated heterocycles. The van der Waals surface area contributed by atoms with E-state index in [2.05, 4.69) is 4.72 Å². The van der Waals surface area contributed by atoms with E-state index in [1.54, 1.807) is 0 Å². The third-order valence-corrected chi connectivity index (χ3v) is 2.93. The van der Waals surface area contributed by atoms with Crippen molar-refractivity contribution in [2.45, 2.75) is 0 Å². The van der Waals surface area contributed by atoms with Crippen molar-refractivity contribution < 1.29 is 18.3 Å². The van der Waals surface area contributed by atoms with E-state index in [0.29, 0.717) is 0 Å². The maximum atomic E-state index is 11.1. The third-order valence-electron chi connectivity index (χ3n) is 1.67. The Kier molecular flexibility index (Phi) is 3.74. The molecule has 88 valence electrons. The van der Waals surface area contributed by atoms with E-state index in [-0.39, 0.29) is 16.3 Å². The summed E-state index contributed by atoms with van der Waals surface area (Å²) in [5.41, 5.74) is -0.0134. The molecular weight excluding hydrogens is 256 g/mol. The highest BCUT2D eigenvalue weighted by atomic mass is 35.5. The minimum absolute atomic E-state index is 0.0826. The van der Waals surface area contributed by atoms with E-state index < -0.39 is 16.2 Å². The van der Waals surface area contributed by atoms with Crippen molar-refractivity contribution in [1.29, 1.82) is 0 Å². The van der Waals surface area contributed by atoms with E-state index in [1.165, 1.54) is 25.2 Å². The van der Waals surface area contributed by atoms with Crippen LogP contribution in [0.3, 0.4) is 0 Å². The van der Waals surface area contributed by atoms with E-state index in [4.69, 9.17) is 16.7 Å². The van der Waals surface area contributed by atoms with Crippen LogP contribution in [0.4, 0.5) is 5.69 Å². The molecule has 1 rings (SSSR count). The van der Waals surface area contributed by atoms with Gasteiger partial charge in [0.05, 0.1) is 11.3 Å². The summed E-state index contributed by atoms with van der Waals surface area (Å²) in [7, 11) is -2.46. The first-order valence-corrected chi connectivity index (χ1v) is 5.95. The first kappa shape index (κ1) is 12.8. The number of carbonyl (C=O) groups is 1. The fourth-order valence-corrected chi connectivity index (χ4v) is 1.74. The van der Waals surface area contributed by atoms with Crippen molar-refractivity contribution in [1.82, 2.24) is 4.72 Å². The van der Waals surface area contributed by atoms with Crippen molar-refractivity contribution >= 4 is 33.5 Å². The van der Waals surface area contributed by atoms with Gasteiger partial charge in [0.25, 0.3) is 10.2 Å². The molecule has 0 bridgehead atoms. The molecular formula is C8H9ClN2O4S. The number of hydrogen-bond acceptors (Lipinski definition) is 3. The zero-order valence-corrected chi connectivity index (χ0v) is 9.76. The van der Waals surface area contributed by atoms with Crippen molar-refractivity contribution in [3.8, 4) is 0 Å². The number of nitrogens with one attached hydrogen (secondary N) is 2. The van der Waals surface area contributed by atoms with Crippen LogP contribution in [0.25, 0.3) is 0 Å². The van der Waals surface area contributed by atoms with Crippen LogP contribution in [-0.4, -0.2) is 26.5 Å². The fraction of sp³-hybridized carbons (Fsp3) is 0.125. The van der Waals surface area contributed by atoms with Gasteiger partial charge in [0.15, 0.2) is 0 Å². The van der Waals surface area contributed by atoms with Crippen LogP contribution >= 0.6 is 11.6 Å². The first-order chi connectivity index (χ1) is 7.34. The molecule has 0 amide bonds. The molecule has 0 saturated carbocycles. The smallest absolute Gasteiger partial charge is 0.335 e. The highest BCUT2D eigenvalue weighted by molar-refractivity contribution is 7.90. The Labute approximate surface area is 97.4 Å². The summed E-state index contributed by atoms with van der Waals surface area (Å²) in [5.74, 6) is -1.19. The summed E-state index contributed by atoms with van der Waals surface area (Å²) in [6, 6.07) is 3.70. The van der Waals surface area contributed by atoms with Gasteiger partial charge in [-0.05, 0) is 18.2 Å². The zero-order valence-electron chi connectivity index (χ0n) is 8.19. The Bertz CT molecular complexity index is 515. The molecule has 0 aromatic heterocycles. The lowest BCUT2D eigenvalue weighted by Gasteiger charge is -2.07. The van der Waals surface area contributed by atoms with Gasteiger partial charge >= 0.3 is 5.97 Å². The van der Waals surface area contributed by atoms with Crippen LogP contribution in [0.1, 0.15) is 10.4 Å². The Hall–Kier alpha value is -1.31. The van der Waals surface area contributed by atoms with E-state index in [9.17, 15) is 13.2 Å². The van der Waals surface area contributed by atoms with Crippen LogP contribution in [0.5, 0.6) is 0 Å². The highest BCUT2D eigenvalue weighted by Crippen LogP contribution is 2.19. The lowest BCUT2D eigenvalue weighted by Crippen LogP contribution is -2.26. The predicted octanol–water partition coefficient (Wildman–Crippen LogP) is 0.914. The molecule has 0 atom stereocenters. The van der Waals surface area contributed by atoms with Gasteiger partial charge in [0.2, 0.25) is 0 Å². The number of benzene rings is 1. The molecule has 0 aliphatic heterocycles. The number of halogens is 1. The Balaban J connectivity index is 3.11. The van der Waals surface area contributed by atoms with E-state index in [0.717, 1.165) is 0 Å². The summed E-state index contributed by atoms with van der Waals surface area (Å²) in [6.45, 7) is 0. The van der Waals surface area contributed by atoms with Gasteiger partial charge < -0.3 is 5.11 Å². The quantitative estimate of drug-likeness (QED) is 0.753. The molecule has 0 heterocycles. The van der Waals surface area contributed by atoms with Crippen LogP contribution < -0.4 is 9.44 Å². The van der Waals surface area contributed by atoms with Crippen LogP contribution in [-0.2, 0) is 10.2 Å². The molecule has 0 fully saturated rings. The number of carboxylic acid groups (broad SMARTS) is 1. The molecule has 1 aromatic rings. The van der Waals surface area contributed by atoms with Crippen molar-refractivity contribution in [3.05, 3.63) is 28.8 Å². The Morgan fingerprint density at radius 3 is 2.50 bits per heavy atom. The minimum atomic E-state index is -3.68. The molecule has 16 heavy (non-hydrogen) atoms. The van der Waals surface area contributed by atoms with Gasteiger partial charge in [0, 0.05) is 12.1 Å². The molecule has 8 heteroatoms. The molecule has 0 aliphatic rings.